The second-order valence-electron chi connectivity index (χ2n) is 9.84. The van der Waals surface area contributed by atoms with E-state index in [9.17, 15) is 14.4 Å². The average molecular weight is 439 g/mol. The summed E-state index contributed by atoms with van der Waals surface area (Å²) in [6.07, 6.45) is 3.49. The van der Waals surface area contributed by atoms with Gasteiger partial charge in [0.05, 0.1) is 0 Å². The van der Waals surface area contributed by atoms with Gasteiger partial charge in [0, 0.05) is 64.1 Å². The van der Waals surface area contributed by atoms with Crippen LogP contribution in [0.1, 0.15) is 73.6 Å². The first-order valence-corrected chi connectivity index (χ1v) is 12.0. The highest BCUT2D eigenvalue weighted by Gasteiger charge is 2.32. The maximum atomic E-state index is 12.8. The summed E-state index contributed by atoms with van der Waals surface area (Å²) in [5.41, 5.74) is -0.326. The van der Waals surface area contributed by atoms with Crippen LogP contribution in [0.3, 0.4) is 0 Å². The van der Waals surface area contributed by atoms with Gasteiger partial charge in [-0.15, -0.1) is 0 Å². The highest BCUT2D eigenvalue weighted by molar-refractivity contribution is 5.78. The zero-order chi connectivity index (χ0) is 23.8. The van der Waals surface area contributed by atoms with E-state index in [0.29, 0.717) is 25.9 Å². The van der Waals surface area contributed by atoms with Gasteiger partial charge in [0.2, 0.25) is 17.7 Å². The lowest BCUT2D eigenvalue weighted by molar-refractivity contribution is -0.137. The van der Waals surface area contributed by atoms with Gasteiger partial charge in [-0.2, -0.15) is 0 Å². The Kier molecular flexibility index (Phi) is 11.0. The summed E-state index contributed by atoms with van der Waals surface area (Å²) in [6.45, 7) is 16.0. The van der Waals surface area contributed by atoms with Crippen LogP contribution in [0.4, 0.5) is 0 Å². The lowest BCUT2D eigenvalue weighted by Crippen LogP contribution is -2.53. The fourth-order valence-corrected chi connectivity index (χ4v) is 4.37. The predicted octanol–water partition coefficient (Wildman–Crippen LogP) is 2.84. The normalized spacial score (nSPS) is 15.8. The minimum Gasteiger partial charge on any atom is -0.349 e. The van der Waals surface area contributed by atoms with Crippen molar-refractivity contribution >= 4 is 17.7 Å². The van der Waals surface area contributed by atoms with Gasteiger partial charge in [0.1, 0.15) is 0 Å². The molecule has 1 aliphatic rings. The molecule has 1 aliphatic heterocycles. The third kappa shape index (κ3) is 8.09. The lowest BCUT2D eigenvalue weighted by atomic mass is 9.94. The Bertz CT molecular complexity index is 596. The summed E-state index contributed by atoms with van der Waals surface area (Å²) < 4.78 is 0. The molecule has 0 radical (unpaired) electrons. The number of hydrogen-bond acceptors (Lipinski definition) is 4. The first-order chi connectivity index (χ1) is 14.4. The Hall–Kier alpha value is -1.63. The second kappa shape index (κ2) is 12.4. The summed E-state index contributed by atoms with van der Waals surface area (Å²) in [5, 5.41) is 0. The number of piperidine rings is 1. The first kappa shape index (κ1) is 27.4. The van der Waals surface area contributed by atoms with E-state index in [2.05, 4.69) is 18.7 Å². The van der Waals surface area contributed by atoms with Crippen molar-refractivity contribution in [2.45, 2.75) is 85.2 Å². The van der Waals surface area contributed by atoms with E-state index in [4.69, 9.17) is 0 Å². The van der Waals surface area contributed by atoms with Crippen molar-refractivity contribution < 1.29 is 14.4 Å². The van der Waals surface area contributed by atoms with E-state index in [1.165, 1.54) is 0 Å². The maximum absolute atomic E-state index is 12.8. The van der Waals surface area contributed by atoms with Gasteiger partial charge < -0.3 is 19.6 Å². The van der Waals surface area contributed by atoms with Crippen LogP contribution in [0.2, 0.25) is 0 Å². The first-order valence-electron chi connectivity index (χ1n) is 12.0. The van der Waals surface area contributed by atoms with Crippen LogP contribution < -0.4 is 0 Å². The molecule has 3 amide bonds. The molecular formula is C24H46N4O3. The number of rotatable bonds is 11. The third-order valence-corrected chi connectivity index (χ3v) is 6.56. The molecule has 180 valence electrons. The van der Waals surface area contributed by atoms with Crippen LogP contribution in [0.5, 0.6) is 0 Å². The molecule has 0 N–H and O–H groups in total. The molecule has 0 aromatic carbocycles. The quantitative estimate of drug-likeness (QED) is 0.498. The topological polar surface area (TPSA) is 64.2 Å². The van der Waals surface area contributed by atoms with Crippen LogP contribution in [-0.4, -0.2) is 95.7 Å². The monoisotopic (exact) mass is 438 g/mol. The van der Waals surface area contributed by atoms with Crippen LogP contribution in [0.25, 0.3) is 0 Å². The molecule has 0 saturated carbocycles. The van der Waals surface area contributed by atoms with Crippen molar-refractivity contribution in [2.75, 3.05) is 46.8 Å². The average Bonchev–Trinajstić information content (AvgIpc) is 2.72. The highest BCUT2D eigenvalue weighted by atomic mass is 16.2. The smallest absolute Gasteiger partial charge is 0.225 e. The predicted molar refractivity (Wildman–Crippen MR) is 126 cm³/mol. The molecule has 0 aromatic rings. The standard InChI is InChI=1S/C24H46N4O3/c1-9-21(29)27(19(3)4)16-13-24(5,6)28(22(30)10-2)18-17-26-14-11-20(12-15-26)23(31)25(7)8/h19-20H,9-18H2,1-8H3. The number of likely N-dealkylation sites (tertiary alicyclic amines) is 1. The number of amides is 3. The number of carbonyl (C=O) groups is 3. The molecule has 0 atom stereocenters. The van der Waals surface area contributed by atoms with Crippen molar-refractivity contribution in [3.05, 3.63) is 0 Å². The Morgan fingerprint density at radius 2 is 1.52 bits per heavy atom. The molecule has 0 aromatic heterocycles. The van der Waals surface area contributed by atoms with Crippen molar-refractivity contribution in [2.24, 2.45) is 5.92 Å². The van der Waals surface area contributed by atoms with Crippen molar-refractivity contribution in [3.63, 3.8) is 0 Å². The number of hydrogen-bond donors (Lipinski definition) is 0. The molecule has 0 unspecified atom stereocenters. The van der Waals surface area contributed by atoms with Crippen molar-refractivity contribution in [1.82, 2.24) is 19.6 Å². The van der Waals surface area contributed by atoms with Gasteiger partial charge >= 0.3 is 0 Å². The molecule has 0 aliphatic carbocycles. The summed E-state index contributed by atoms with van der Waals surface area (Å²) in [7, 11) is 3.64. The zero-order valence-electron chi connectivity index (χ0n) is 21.2. The van der Waals surface area contributed by atoms with Gasteiger partial charge in [-0.3, -0.25) is 14.4 Å². The molecule has 0 spiro atoms. The van der Waals surface area contributed by atoms with Gasteiger partial charge in [-0.1, -0.05) is 13.8 Å². The molecule has 1 rings (SSSR count). The highest BCUT2D eigenvalue weighted by Crippen LogP contribution is 2.23. The van der Waals surface area contributed by atoms with Gasteiger partial charge in [-0.25, -0.2) is 0 Å². The fraction of sp³-hybridized carbons (Fsp3) is 0.875. The van der Waals surface area contributed by atoms with E-state index in [1.807, 2.05) is 51.6 Å². The molecule has 1 heterocycles. The molecular weight excluding hydrogens is 392 g/mol. The maximum Gasteiger partial charge on any atom is 0.225 e. The van der Waals surface area contributed by atoms with E-state index in [1.54, 1.807) is 4.90 Å². The SMILES string of the molecule is CCC(=O)N(CCC(C)(C)N(CCN1CCC(C(=O)N(C)C)CC1)C(=O)CC)C(C)C. The molecule has 31 heavy (non-hydrogen) atoms. The van der Waals surface area contributed by atoms with Crippen LogP contribution >= 0.6 is 0 Å². The van der Waals surface area contributed by atoms with E-state index in [-0.39, 0.29) is 35.2 Å². The van der Waals surface area contributed by atoms with E-state index in [0.717, 1.165) is 38.9 Å². The molecule has 1 saturated heterocycles. The van der Waals surface area contributed by atoms with Crippen LogP contribution in [0.15, 0.2) is 0 Å². The van der Waals surface area contributed by atoms with Crippen LogP contribution in [-0.2, 0) is 14.4 Å². The summed E-state index contributed by atoms with van der Waals surface area (Å²) in [6, 6.07) is 0.157. The number of nitrogens with zero attached hydrogens (tertiary/aromatic N) is 4. The molecule has 1 fully saturated rings. The Balaban J connectivity index is 2.71. The Labute approximate surface area is 190 Å². The largest absolute Gasteiger partial charge is 0.349 e. The minimum atomic E-state index is -0.326. The molecule has 7 heteroatoms. The molecule has 7 nitrogen and oxygen atoms in total. The minimum absolute atomic E-state index is 0.120. The zero-order valence-corrected chi connectivity index (χ0v) is 21.2. The Morgan fingerprint density at radius 3 is 1.97 bits per heavy atom. The van der Waals surface area contributed by atoms with Crippen molar-refractivity contribution in [1.29, 1.82) is 0 Å². The van der Waals surface area contributed by atoms with Crippen molar-refractivity contribution in [3.8, 4) is 0 Å². The van der Waals surface area contributed by atoms with Gasteiger partial charge in [0.25, 0.3) is 0 Å². The third-order valence-electron chi connectivity index (χ3n) is 6.56. The van der Waals surface area contributed by atoms with Crippen LogP contribution in [0, 0.1) is 5.92 Å². The fourth-order valence-electron chi connectivity index (χ4n) is 4.37. The summed E-state index contributed by atoms with van der Waals surface area (Å²) >= 11 is 0. The molecule has 0 bridgehead atoms. The van der Waals surface area contributed by atoms with Gasteiger partial charge in [-0.05, 0) is 60.0 Å². The van der Waals surface area contributed by atoms with E-state index < -0.39 is 0 Å². The number of carbonyl (C=O) groups excluding carboxylic acids is 3. The second-order valence-corrected chi connectivity index (χ2v) is 9.84. The summed E-state index contributed by atoms with van der Waals surface area (Å²) in [5.74, 6) is 0.656. The van der Waals surface area contributed by atoms with E-state index >= 15 is 0 Å². The Morgan fingerprint density at radius 1 is 0.968 bits per heavy atom. The summed E-state index contributed by atoms with van der Waals surface area (Å²) in [4.78, 5) is 45.3. The van der Waals surface area contributed by atoms with Gasteiger partial charge in [0.15, 0.2) is 0 Å². The lowest BCUT2D eigenvalue weighted by Gasteiger charge is -2.42.